The molecular formula is C31H33F2N3O5. The summed E-state index contributed by atoms with van der Waals surface area (Å²) in [6.45, 7) is -0.159. The van der Waals surface area contributed by atoms with Crippen LogP contribution in [0.5, 0.6) is 11.5 Å². The van der Waals surface area contributed by atoms with Crippen molar-refractivity contribution < 1.29 is 32.6 Å². The van der Waals surface area contributed by atoms with E-state index in [9.17, 15) is 18.4 Å². The zero-order valence-corrected chi connectivity index (χ0v) is 23.3. The summed E-state index contributed by atoms with van der Waals surface area (Å²) in [6.07, 6.45) is 2.52. The van der Waals surface area contributed by atoms with Crippen LogP contribution in [0.25, 0.3) is 0 Å². The van der Waals surface area contributed by atoms with Crippen LogP contribution in [0.3, 0.4) is 0 Å². The van der Waals surface area contributed by atoms with E-state index in [-0.39, 0.29) is 29.0 Å². The number of alkyl halides is 2. The number of pyridine rings is 1. The molecule has 216 valence electrons. The molecular weight excluding hydrogens is 532 g/mol. The Morgan fingerprint density at radius 3 is 2.51 bits per heavy atom. The van der Waals surface area contributed by atoms with Gasteiger partial charge >= 0.3 is 12.6 Å². The molecule has 1 aromatic heterocycles. The van der Waals surface area contributed by atoms with Gasteiger partial charge in [-0.1, -0.05) is 29.8 Å². The van der Waals surface area contributed by atoms with Crippen LogP contribution in [-0.4, -0.2) is 56.8 Å². The minimum Gasteiger partial charge on any atom is -0.489 e. The van der Waals surface area contributed by atoms with Crippen LogP contribution in [0.1, 0.15) is 46.8 Å². The van der Waals surface area contributed by atoms with Gasteiger partial charge in [0.25, 0.3) is 5.91 Å². The van der Waals surface area contributed by atoms with Crippen molar-refractivity contribution in [3.8, 4) is 11.5 Å². The number of rotatable bonds is 10. The molecule has 0 spiro atoms. The van der Waals surface area contributed by atoms with Crippen molar-refractivity contribution in [1.29, 1.82) is 0 Å². The van der Waals surface area contributed by atoms with E-state index < -0.39 is 18.6 Å². The van der Waals surface area contributed by atoms with E-state index in [1.807, 2.05) is 36.1 Å². The number of aryl methyl sites for hydroxylation is 1. The molecule has 1 aliphatic heterocycles. The summed E-state index contributed by atoms with van der Waals surface area (Å²) >= 11 is 0. The molecule has 1 saturated heterocycles. The zero-order chi connectivity index (χ0) is 29.1. The second kappa shape index (κ2) is 12.1. The first-order valence-corrected chi connectivity index (χ1v) is 13.6. The summed E-state index contributed by atoms with van der Waals surface area (Å²) in [5.41, 5.74) is 2.88. The van der Waals surface area contributed by atoms with Crippen molar-refractivity contribution in [2.75, 3.05) is 37.1 Å². The van der Waals surface area contributed by atoms with Gasteiger partial charge in [-0.25, -0.2) is 9.78 Å². The maximum atomic E-state index is 13.3. The molecule has 1 amide bonds. The highest BCUT2D eigenvalue weighted by atomic mass is 19.3. The number of anilines is 2. The summed E-state index contributed by atoms with van der Waals surface area (Å²) in [5, 5.41) is 0. The standard InChI is InChI=1S/C31H33F2N3O5/c1-19-7-12-23(13-8-19)35(2)29(37)24-5-4-6-28(34-24)36-17-22(15-25(36)30(38)39-3)21-11-14-26(41-31(32)33)27(16-21)40-18-20-9-10-20/h4-8,11-14,16,20,22,25,31H,9-10,15,17-18H2,1-3H3/t22-,25-/m0/s1. The van der Waals surface area contributed by atoms with E-state index in [2.05, 4.69) is 9.72 Å². The lowest BCUT2D eigenvalue weighted by molar-refractivity contribution is -0.142. The van der Waals surface area contributed by atoms with Gasteiger partial charge in [0.05, 0.1) is 13.7 Å². The molecule has 0 unspecified atom stereocenters. The lowest BCUT2D eigenvalue weighted by Crippen LogP contribution is -2.37. The molecule has 1 saturated carbocycles. The van der Waals surface area contributed by atoms with Crippen LogP contribution < -0.4 is 19.3 Å². The van der Waals surface area contributed by atoms with Crippen molar-refractivity contribution in [2.45, 2.75) is 44.8 Å². The number of carbonyl (C=O) groups excluding carboxylic acids is 2. The molecule has 2 atom stereocenters. The zero-order valence-electron chi connectivity index (χ0n) is 23.3. The van der Waals surface area contributed by atoms with Crippen LogP contribution in [0.4, 0.5) is 20.3 Å². The minimum absolute atomic E-state index is 0.0191. The second-order valence-corrected chi connectivity index (χ2v) is 10.5. The fourth-order valence-electron chi connectivity index (χ4n) is 5.03. The molecule has 0 N–H and O–H groups in total. The summed E-state index contributed by atoms with van der Waals surface area (Å²) in [6, 6.07) is 17.0. The van der Waals surface area contributed by atoms with Crippen molar-refractivity contribution in [3.63, 3.8) is 0 Å². The Hall–Kier alpha value is -4.21. The molecule has 41 heavy (non-hydrogen) atoms. The quantitative estimate of drug-likeness (QED) is 0.297. The van der Waals surface area contributed by atoms with E-state index in [1.165, 1.54) is 18.1 Å². The first-order valence-electron chi connectivity index (χ1n) is 13.6. The Morgan fingerprint density at radius 2 is 1.83 bits per heavy atom. The number of ether oxygens (including phenoxy) is 3. The van der Waals surface area contributed by atoms with E-state index in [0.29, 0.717) is 31.3 Å². The molecule has 2 aliphatic rings. The highest BCUT2D eigenvalue weighted by Crippen LogP contribution is 2.40. The molecule has 2 fully saturated rings. The third-order valence-electron chi connectivity index (χ3n) is 7.57. The number of hydrogen-bond donors (Lipinski definition) is 0. The summed E-state index contributed by atoms with van der Waals surface area (Å²) < 4.78 is 41.7. The fourth-order valence-corrected chi connectivity index (χ4v) is 5.03. The molecule has 10 heteroatoms. The predicted molar refractivity (Wildman–Crippen MR) is 150 cm³/mol. The minimum atomic E-state index is -2.97. The number of hydrogen-bond acceptors (Lipinski definition) is 7. The summed E-state index contributed by atoms with van der Waals surface area (Å²) in [7, 11) is 3.02. The number of esters is 1. The van der Waals surface area contributed by atoms with Gasteiger partial charge in [0.2, 0.25) is 0 Å². The average molecular weight is 566 g/mol. The number of benzene rings is 2. The number of aromatic nitrogens is 1. The van der Waals surface area contributed by atoms with Crippen molar-refractivity contribution in [1.82, 2.24) is 4.98 Å². The van der Waals surface area contributed by atoms with Crippen LogP contribution in [-0.2, 0) is 9.53 Å². The van der Waals surface area contributed by atoms with Gasteiger partial charge in [-0.2, -0.15) is 8.78 Å². The van der Waals surface area contributed by atoms with Crippen molar-refractivity contribution >= 4 is 23.4 Å². The third-order valence-corrected chi connectivity index (χ3v) is 7.57. The molecule has 2 aromatic carbocycles. The molecule has 3 aromatic rings. The SMILES string of the molecule is COC(=O)[C@@H]1C[C@H](c2ccc(OC(F)F)c(OCC3CC3)c2)CN1c1cccc(C(=O)N(C)c2ccc(C)cc2)n1. The molecule has 0 radical (unpaired) electrons. The van der Waals surface area contributed by atoms with Gasteiger partial charge < -0.3 is 24.0 Å². The van der Waals surface area contributed by atoms with Gasteiger partial charge in [0.15, 0.2) is 11.5 Å². The molecule has 0 bridgehead atoms. The third kappa shape index (κ3) is 6.58. The van der Waals surface area contributed by atoms with Crippen LogP contribution >= 0.6 is 0 Å². The van der Waals surface area contributed by atoms with Gasteiger partial charge in [-0.15, -0.1) is 0 Å². The maximum absolute atomic E-state index is 13.3. The topological polar surface area (TPSA) is 81.2 Å². The van der Waals surface area contributed by atoms with Gasteiger partial charge in [-0.05, 0) is 74.1 Å². The number of methoxy groups -OCH3 is 1. The lowest BCUT2D eigenvalue weighted by Gasteiger charge is -2.24. The maximum Gasteiger partial charge on any atom is 0.387 e. The monoisotopic (exact) mass is 565 g/mol. The highest BCUT2D eigenvalue weighted by molar-refractivity contribution is 6.04. The average Bonchev–Trinajstić information content (AvgIpc) is 3.71. The highest BCUT2D eigenvalue weighted by Gasteiger charge is 2.39. The smallest absolute Gasteiger partial charge is 0.387 e. The van der Waals surface area contributed by atoms with Crippen LogP contribution in [0, 0.1) is 12.8 Å². The van der Waals surface area contributed by atoms with Gasteiger partial charge in [0, 0.05) is 25.2 Å². The van der Waals surface area contributed by atoms with E-state index in [0.717, 1.165) is 29.7 Å². The summed E-state index contributed by atoms with van der Waals surface area (Å²) in [5.74, 6) is 0.268. The first-order chi connectivity index (χ1) is 19.7. The molecule has 8 nitrogen and oxygen atoms in total. The Bertz CT molecular complexity index is 1400. The number of nitrogens with zero attached hydrogens (tertiary/aromatic N) is 3. The number of halogens is 2. The largest absolute Gasteiger partial charge is 0.489 e. The van der Waals surface area contributed by atoms with E-state index in [1.54, 1.807) is 37.4 Å². The normalized spacial score (nSPS) is 18.3. The molecule has 5 rings (SSSR count). The second-order valence-electron chi connectivity index (χ2n) is 10.5. The molecule has 1 aliphatic carbocycles. The molecule has 2 heterocycles. The van der Waals surface area contributed by atoms with E-state index >= 15 is 0 Å². The lowest BCUT2D eigenvalue weighted by atomic mass is 9.96. The van der Waals surface area contributed by atoms with Crippen LogP contribution in [0.2, 0.25) is 0 Å². The number of carbonyl (C=O) groups is 2. The summed E-state index contributed by atoms with van der Waals surface area (Å²) in [4.78, 5) is 34.1. The predicted octanol–water partition coefficient (Wildman–Crippen LogP) is 5.59. The fraction of sp³-hybridized carbons (Fsp3) is 0.387. The Labute approximate surface area is 237 Å². The Morgan fingerprint density at radius 1 is 1.07 bits per heavy atom. The Balaban J connectivity index is 1.39. The number of amides is 1. The van der Waals surface area contributed by atoms with Crippen molar-refractivity contribution in [2.24, 2.45) is 5.92 Å². The van der Waals surface area contributed by atoms with Crippen molar-refractivity contribution in [3.05, 3.63) is 77.5 Å². The first kappa shape index (κ1) is 28.3. The van der Waals surface area contributed by atoms with Gasteiger partial charge in [-0.3, -0.25) is 4.79 Å². The van der Waals surface area contributed by atoms with Crippen LogP contribution in [0.15, 0.2) is 60.7 Å². The Kier molecular flexibility index (Phi) is 8.37. The van der Waals surface area contributed by atoms with Gasteiger partial charge in [0.1, 0.15) is 17.6 Å². The van der Waals surface area contributed by atoms with E-state index in [4.69, 9.17) is 9.47 Å².